The van der Waals surface area contributed by atoms with E-state index in [9.17, 15) is 4.79 Å². The van der Waals surface area contributed by atoms with E-state index < -0.39 is 0 Å². The number of hydrogen-bond donors (Lipinski definition) is 1. The Kier molecular flexibility index (Phi) is 3.98. The molecule has 1 fully saturated rings. The van der Waals surface area contributed by atoms with Gasteiger partial charge in [0.2, 0.25) is 0 Å². The standard InChI is InChI=1S/C21H26N4O/c1-5-25-13(2)23-18-10-14(7-9-19(18)25)20(26)24-22-12-15-6-8-16-11-17(15)21(16,3)4/h6-7,9-10,12,16-17H,5,8,11H2,1-4H3,(H,24,26)/b22-12-/t16-,17-/m0/s1. The van der Waals surface area contributed by atoms with Crippen LogP contribution in [-0.2, 0) is 6.54 Å². The minimum Gasteiger partial charge on any atom is -0.329 e. The number of allylic oxidation sites excluding steroid dienone is 2. The molecule has 1 saturated carbocycles. The molecule has 0 saturated heterocycles. The van der Waals surface area contributed by atoms with Gasteiger partial charge in [0.05, 0.1) is 17.2 Å². The Morgan fingerprint density at radius 3 is 2.96 bits per heavy atom. The summed E-state index contributed by atoms with van der Waals surface area (Å²) in [6, 6.07) is 5.62. The Labute approximate surface area is 154 Å². The van der Waals surface area contributed by atoms with E-state index in [-0.39, 0.29) is 5.91 Å². The quantitative estimate of drug-likeness (QED) is 0.667. The molecule has 136 valence electrons. The highest BCUT2D eigenvalue weighted by Crippen LogP contribution is 2.58. The van der Waals surface area contributed by atoms with Gasteiger partial charge in [0, 0.05) is 12.1 Å². The number of hydrogen-bond acceptors (Lipinski definition) is 3. The SMILES string of the molecule is CCn1c(C)nc2cc(C(=O)N/N=C\C3=CC[C@H]4C[C@@H]3C4(C)C)ccc21. The van der Waals surface area contributed by atoms with Crippen LogP contribution < -0.4 is 5.43 Å². The third-order valence-corrected chi connectivity index (χ3v) is 6.41. The molecule has 2 bridgehead atoms. The normalized spacial score (nSPS) is 23.8. The number of rotatable bonds is 4. The zero-order valence-electron chi connectivity index (χ0n) is 15.9. The minimum absolute atomic E-state index is 0.200. The smallest absolute Gasteiger partial charge is 0.271 e. The Balaban J connectivity index is 1.47. The third-order valence-electron chi connectivity index (χ3n) is 6.41. The molecule has 0 spiro atoms. The molecule has 5 nitrogen and oxygen atoms in total. The summed E-state index contributed by atoms with van der Waals surface area (Å²) in [6.07, 6.45) is 6.46. The second kappa shape index (κ2) is 6.08. The predicted molar refractivity (Wildman–Crippen MR) is 104 cm³/mol. The predicted octanol–water partition coefficient (Wildman–Crippen LogP) is 4.07. The molecule has 0 aliphatic heterocycles. The summed E-state index contributed by atoms with van der Waals surface area (Å²) >= 11 is 0. The van der Waals surface area contributed by atoms with Crippen LogP contribution in [0.5, 0.6) is 0 Å². The van der Waals surface area contributed by atoms with Crippen molar-refractivity contribution in [1.82, 2.24) is 15.0 Å². The van der Waals surface area contributed by atoms with Gasteiger partial charge in [-0.05, 0) is 67.7 Å². The largest absolute Gasteiger partial charge is 0.329 e. The van der Waals surface area contributed by atoms with Crippen molar-refractivity contribution < 1.29 is 4.79 Å². The molecule has 0 unspecified atom stereocenters. The lowest BCUT2D eigenvalue weighted by molar-refractivity contribution is -0.00126. The molecular formula is C21H26N4O. The van der Waals surface area contributed by atoms with Crippen molar-refractivity contribution in [3.05, 3.63) is 41.2 Å². The van der Waals surface area contributed by atoms with Crippen LogP contribution in [0.4, 0.5) is 0 Å². The Morgan fingerprint density at radius 1 is 1.46 bits per heavy atom. The maximum atomic E-state index is 12.4. The summed E-state index contributed by atoms with van der Waals surface area (Å²) in [5, 5.41) is 4.21. The monoisotopic (exact) mass is 350 g/mol. The van der Waals surface area contributed by atoms with Gasteiger partial charge in [0.15, 0.2) is 0 Å². The molecule has 5 rings (SSSR count). The Hall–Kier alpha value is -2.43. The zero-order chi connectivity index (χ0) is 18.5. The Morgan fingerprint density at radius 2 is 2.27 bits per heavy atom. The second-order valence-corrected chi connectivity index (χ2v) is 8.05. The molecule has 3 aliphatic carbocycles. The van der Waals surface area contributed by atoms with Crippen LogP contribution in [0, 0.1) is 24.2 Å². The number of amides is 1. The first kappa shape index (κ1) is 17.0. The van der Waals surface area contributed by atoms with Gasteiger partial charge >= 0.3 is 0 Å². The van der Waals surface area contributed by atoms with Gasteiger partial charge in [0.25, 0.3) is 5.91 Å². The molecule has 1 heterocycles. The number of imidazole rings is 1. The third kappa shape index (κ3) is 2.57. The van der Waals surface area contributed by atoms with Crippen LogP contribution in [0.3, 0.4) is 0 Å². The number of carbonyl (C=O) groups is 1. The van der Waals surface area contributed by atoms with Gasteiger partial charge in [0.1, 0.15) is 5.82 Å². The van der Waals surface area contributed by atoms with Crippen molar-refractivity contribution >= 4 is 23.2 Å². The summed E-state index contributed by atoms with van der Waals surface area (Å²) < 4.78 is 2.14. The van der Waals surface area contributed by atoms with Gasteiger partial charge in [-0.3, -0.25) is 4.79 Å². The lowest BCUT2D eigenvalue weighted by atomic mass is 9.49. The van der Waals surface area contributed by atoms with E-state index in [0.717, 1.165) is 35.7 Å². The number of hydrazone groups is 1. The fourth-order valence-electron chi connectivity index (χ4n) is 4.57. The van der Waals surface area contributed by atoms with Crippen LogP contribution in [0.2, 0.25) is 0 Å². The number of nitrogens with one attached hydrogen (secondary N) is 1. The van der Waals surface area contributed by atoms with Crippen LogP contribution >= 0.6 is 0 Å². The molecule has 1 aromatic heterocycles. The summed E-state index contributed by atoms with van der Waals surface area (Å²) in [5.74, 6) is 2.13. The molecule has 2 aromatic rings. The van der Waals surface area contributed by atoms with Crippen LogP contribution in [0.25, 0.3) is 11.0 Å². The first-order valence-corrected chi connectivity index (χ1v) is 9.42. The number of carbonyl (C=O) groups excluding carboxylic acids is 1. The topological polar surface area (TPSA) is 59.3 Å². The van der Waals surface area contributed by atoms with Crippen molar-refractivity contribution in [2.75, 3.05) is 0 Å². The average Bonchev–Trinajstić information content (AvgIpc) is 2.95. The van der Waals surface area contributed by atoms with E-state index in [1.54, 1.807) is 0 Å². The maximum absolute atomic E-state index is 12.4. The van der Waals surface area contributed by atoms with E-state index >= 15 is 0 Å². The van der Waals surface area contributed by atoms with Crippen LogP contribution in [-0.4, -0.2) is 21.7 Å². The van der Waals surface area contributed by atoms with Gasteiger partial charge in [-0.15, -0.1) is 0 Å². The van der Waals surface area contributed by atoms with E-state index in [1.165, 1.54) is 12.0 Å². The molecule has 1 N–H and O–H groups in total. The number of nitrogens with zero attached hydrogens (tertiary/aromatic N) is 3. The highest BCUT2D eigenvalue weighted by molar-refractivity contribution is 5.98. The molecule has 3 aliphatic rings. The van der Waals surface area contributed by atoms with Crippen molar-refractivity contribution in [1.29, 1.82) is 0 Å². The lowest BCUT2D eigenvalue weighted by Gasteiger charge is -2.55. The average molecular weight is 350 g/mol. The molecule has 5 heteroatoms. The fraction of sp³-hybridized carbons (Fsp3) is 0.476. The molecular weight excluding hydrogens is 324 g/mol. The van der Waals surface area contributed by atoms with Crippen molar-refractivity contribution in [2.45, 2.75) is 47.1 Å². The van der Waals surface area contributed by atoms with Gasteiger partial charge < -0.3 is 4.57 Å². The zero-order valence-corrected chi connectivity index (χ0v) is 15.9. The lowest BCUT2D eigenvalue weighted by Crippen LogP contribution is -2.48. The Bertz CT molecular complexity index is 935. The highest BCUT2D eigenvalue weighted by Gasteiger charge is 2.50. The highest BCUT2D eigenvalue weighted by atomic mass is 16.2. The van der Waals surface area contributed by atoms with E-state index in [2.05, 4.69) is 46.9 Å². The first-order valence-electron chi connectivity index (χ1n) is 9.42. The van der Waals surface area contributed by atoms with Gasteiger partial charge in [-0.2, -0.15) is 5.10 Å². The van der Waals surface area contributed by atoms with Crippen molar-refractivity contribution in [3.63, 3.8) is 0 Å². The van der Waals surface area contributed by atoms with E-state index in [4.69, 9.17) is 0 Å². The van der Waals surface area contributed by atoms with E-state index in [0.29, 0.717) is 16.9 Å². The van der Waals surface area contributed by atoms with E-state index in [1.807, 2.05) is 31.3 Å². The molecule has 0 radical (unpaired) electrons. The molecule has 2 atom stereocenters. The maximum Gasteiger partial charge on any atom is 0.271 e. The first-order chi connectivity index (χ1) is 12.4. The minimum atomic E-state index is -0.200. The van der Waals surface area contributed by atoms with Gasteiger partial charge in [-0.1, -0.05) is 19.9 Å². The fourth-order valence-corrected chi connectivity index (χ4v) is 4.57. The number of aromatic nitrogens is 2. The summed E-state index contributed by atoms with van der Waals surface area (Å²) in [5.41, 5.74) is 6.77. The van der Waals surface area contributed by atoms with Crippen molar-refractivity contribution in [3.8, 4) is 0 Å². The summed E-state index contributed by atoms with van der Waals surface area (Å²) in [7, 11) is 0. The van der Waals surface area contributed by atoms with Crippen LogP contribution in [0.1, 0.15) is 49.8 Å². The number of fused-ring (bicyclic) bond motifs is 2. The molecule has 1 amide bonds. The summed E-state index contributed by atoms with van der Waals surface area (Å²) in [4.78, 5) is 17.0. The second-order valence-electron chi connectivity index (χ2n) is 8.05. The van der Waals surface area contributed by atoms with Gasteiger partial charge in [-0.25, -0.2) is 10.4 Å². The summed E-state index contributed by atoms with van der Waals surface area (Å²) in [6.45, 7) is 9.61. The molecule has 1 aromatic carbocycles. The van der Waals surface area contributed by atoms with Crippen molar-refractivity contribution in [2.24, 2.45) is 22.4 Å². The number of aryl methyl sites for hydroxylation is 2. The molecule has 26 heavy (non-hydrogen) atoms. The van der Waals surface area contributed by atoms with Crippen LogP contribution in [0.15, 0.2) is 34.9 Å². The number of benzene rings is 1.